The molecule has 3 nitrogen and oxygen atoms in total. The van der Waals surface area contributed by atoms with Gasteiger partial charge in [0.1, 0.15) is 4.34 Å². The van der Waals surface area contributed by atoms with Crippen molar-refractivity contribution >= 4 is 51.8 Å². The molecule has 2 aromatic rings. The molecule has 0 aliphatic carbocycles. The SMILES string of the molecule is Nc1ccccc1NC(=O)c1cc(Cl)sc1Cl. The number of hydrogen-bond acceptors (Lipinski definition) is 3. The second kappa shape index (κ2) is 4.96. The summed E-state index contributed by atoms with van der Waals surface area (Å²) in [5.74, 6) is -0.323. The van der Waals surface area contributed by atoms with Gasteiger partial charge in [0, 0.05) is 0 Å². The first-order valence-corrected chi connectivity index (χ1v) is 6.26. The molecule has 1 heterocycles. The van der Waals surface area contributed by atoms with Crippen LogP contribution in [0.1, 0.15) is 10.4 Å². The van der Waals surface area contributed by atoms with E-state index in [9.17, 15) is 4.79 Å². The van der Waals surface area contributed by atoms with Crippen molar-refractivity contribution < 1.29 is 4.79 Å². The second-order valence-corrected chi connectivity index (χ2v) is 5.56. The van der Waals surface area contributed by atoms with E-state index in [2.05, 4.69) is 5.32 Å². The highest BCUT2D eigenvalue weighted by Gasteiger charge is 2.14. The van der Waals surface area contributed by atoms with Crippen LogP contribution in [0.25, 0.3) is 0 Å². The molecule has 0 bridgehead atoms. The smallest absolute Gasteiger partial charge is 0.258 e. The van der Waals surface area contributed by atoms with Gasteiger partial charge in [0.05, 0.1) is 21.3 Å². The van der Waals surface area contributed by atoms with E-state index in [1.54, 1.807) is 24.3 Å². The zero-order valence-electron chi connectivity index (χ0n) is 8.54. The van der Waals surface area contributed by atoms with Gasteiger partial charge in [0.15, 0.2) is 0 Å². The lowest BCUT2D eigenvalue weighted by atomic mass is 10.2. The number of carbonyl (C=O) groups is 1. The predicted octanol–water partition coefficient (Wildman–Crippen LogP) is 3.89. The topological polar surface area (TPSA) is 55.1 Å². The largest absolute Gasteiger partial charge is 0.397 e. The van der Waals surface area contributed by atoms with E-state index in [-0.39, 0.29) is 5.91 Å². The number of para-hydroxylation sites is 2. The molecule has 1 aromatic carbocycles. The summed E-state index contributed by atoms with van der Waals surface area (Å²) in [5, 5.41) is 2.68. The monoisotopic (exact) mass is 286 g/mol. The molecule has 0 radical (unpaired) electrons. The Hall–Kier alpha value is -1.23. The molecule has 0 atom stereocenters. The minimum Gasteiger partial charge on any atom is -0.397 e. The number of nitrogen functional groups attached to an aromatic ring is 1. The first-order valence-electron chi connectivity index (χ1n) is 4.68. The summed E-state index contributed by atoms with van der Waals surface area (Å²) in [6, 6.07) is 8.53. The van der Waals surface area contributed by atoms with Crippen LogP contribution in [0.15, 0.2) is 30.3 Å². The van der Waals surface area contributed by atoms with Crippen LogP contribution in [0.4, 0.5) is 11.4 Å². The number of carbonyl (C=O) groups excluding carboxylic acids is 1. The Morgan fingerprint density at radius 3 is 2.59 bits per heavy atom. The van der Waals surface area contributed by atoms with Crippen molar-refractivity contribution in [3.8, 4) is 0 Å². The average Bonchev–Trinajstić information content (AvgIpc) is 2.61. The van der Waals surface area contributed by atoms with Crippen LogP contribution >= 0.6 is 34.5 Å². The minimum absolute atomic E-state index is 0.323. The molecular weight excluding hydrogens is 279 g/mol. The fourth-order valence-corrected chi connectivity index (χ4v) is 2.75. The van der Waals surface area contributed by atoms with Gasteiger partial charge in [0.25, 0.3) is 5.91 Å². The van der Waals surface area contributed by atoms with Gasteiger partial charge in [-0.1, -0.05) is 35.3 Å². The number of nitrogens with one attached hydrogen (secondary N) is 1. The Labute approximate surface area is 112 Å². The quantitative estimate of drug-likeness (QED) is 0.823. The summed E-state index contributed by atoms with van der Waals surface area (Å²) in [4.78, 5) is 11.9. The zero-order valence-corrected chi connectivity index (χ0v) is 10.9. The molecule has 0 spiro atoms. The van der Waals surface area contributed by atoms with Gasteiger partial charge in [-0.05, 0) is 18.2 Å². The number of benzene rings is 1. The van der Waals surface area contributed by atoms with Crippen LogP contribution in [-0.2, 0) is 0 Å². The molecule has 2 rings (SSSR count). The van der Waals surface area contributed by atoms with Crippen molar-refractivity contribution in [2.75, 3.05) is 11.1 Å². The minimum atomic E-state index is -0.323. The van der Waals surface area contributed by atoms with Crippen molar-refractivity contribution in [3.05, 3.63) is 44.6 Å². The molecular formula is C11H8Cl2N2OS. The van der Waals surface area contributed by atoms with Gasteiger partial charge < -0.3 is 11.1 Å². The van der Waals surface area contributed by atoms with Crippen LogP contribution in [0.2, 0.25) is 8.67 Å². The number of amides is 1. The van der Waals surface area contributed by atoms with Crippen molar-refractivity contribution in [1.29, 1.82) is 0 Å². The second-order valence-electron chi connectivity index (χ2n) is 3.28. The maximum absolute atomic E-state index is 11.9. The highest BCUT2D eigenvalue weighted by molar-refractivity contribution is 7.20. The third kappa shape index (κ3) is 2.72. The van der Waals surface area contributed by atoms with Crippen molar-refractivity contribution in [3.63, 3.8) is 0 Å². The van der Waals surface area contributed by atoms with Crippen molar-refractivity contribution in [2.45, 2.75) is 0 Å². The molecule has 6 heteroatoms. The maximum Gasteiger partial charge on any atom is 0.258 e. The standard InChI is InChI=1S/C11H8Cl2N2OS/c12-9-5-6(10(13)17-9)11(16)15-8-4-2-1-3-7(8)14/h1-5H,14H2,(H,15,16). The summed E-state index contributed by atoms with van der Waals surface area (Å²) >= 11 is 12.8. The van der Waals surface area contributed by atoms with E-state index in [1.807, 2.05) is 0 Å². The Bertz CT molecular complexity index is 568. The molecule has 0 aliphatic heterocycles. The molecule has 3 N–H and O–H groups in total. The maximum atomic E-state index is 11.9. The summed E-state index contributed by atoms with van der Waals surface area (Å²) in [6.45, 7) is 0. The number of thiophene rings is 1. The van der Waals surface area contributed by atoms with Crippen molar-refractivity contribution in [2.24, 2.45) is 0 Å². The highest BCUT2D eigenvalue weighted by Crippen LogP contribution is 2.31. The molecule has 0 saturated carbocycles. The summed E-state index contributed by atoms with van der Waals surface area (Å²) in [5.41, 5.74) is 7.12. The molecule has 1 amide bonds. The number of hydrogen-bond donors (Lipinski definition) is 2. The van der Waals surface area contributed by atoms with Gasteiger partial charge in [-0.25, -0.2) is 0 Å². The van der Waals surface area contributed by atoms with Crippen LogP contribution in [0, 0.1) is 0 Å². The third-order valence-electron chi connectivity index (χ3n) is 2.11. The predicted molar refractivity (Wildman–Crippen MR) is 73.1 cm³/mol. The zero-order chi connectivity index (χ0) is 12.4. The first kappa shape index (κ1) is 12.2. The first-order chi connectivity index (χ1) is 8.08. The molecule has 1 aromatic heterocycles. The molecule has 0 fully saturated rings. The summed E-state index contributed by atoms with van der Waals surface area (Å²) < 4.78 is 0.836. The molecule has 0 saturated heterocycles. The van der Waals surface area contributed by atoms with Gasteiger partial charge in [-0.3, -0.25) is 4.79 Å². The van der Waals surface area contributed by atoms with Crippen LogP contribution in [0.5, 0.6) is 0 Å². The van der Waals surface area contributed by atoms with Crippen LogP contribution < -0.4 is 11.1 Å². The van der Waals surface area contributed by atoms with E-state index in [0.29, 0.717) is 25.6 Å². The lowest BCUT2D eigenvalue weighted by Crippen LogP contribution is -2.12. The van der Waals surface area contributed by atoms with Crippen LogP contribution in [0.3, 0.4) is 0 Å². The van der Waals surface area contributed by atoms with E-state index in [0.717, 1.165) is 11.3 Å². The Balaban J connectivity index is 2.23. The summed E-state index contributed by atoms with van der Waals surface area (Å²) in [7, 11) is 0. The molecule has 88 valence electrons. The molecule has 0 unspecified atom stereocenters. The Morgan fingerprint density at radius 1 is 1.29 bits per heavy atom. The normalized spacial score (nSPS) is 10.2. The Morgan fingerprint density at radius 2 is 2.00 bits per heavy atom. The molecule has 17 heavy (non-hydrogen) atoms. The number of anilines is 2. The van der Waals surface area contributed by atoms with E-state index in [1.165, 1.54) is 6.07 Å². The van der Waals surface area contributed by atoms with Gasteiger partial charge in [-0.15, -0.1) is 11.3 Å². The van der Waals surface area contributed by atoms with Gasteiger partial charge in [0.2, 0.25) is 0 Å². The van der Waals surface area contributed by atoms with E-state index >= 15 is 0 Å². The summed E-state index contributed by atoms with van der Waals surface area (Å²) in [6.07, 6.45) is 0. The van der Waals surface area contributed by atoms with Gasteiger partial charge in [-0.2, -0.15) is 0 Å². The lowest BCUT2D eigenvalue weighted by molar-refractivity contribution is 0.102. The van der Waals surface area contributed by atoms with Gasteiger partial charge >= 0.3 is 0 Å². The van der Waals surface area contributed by atoms with E-state index in [4.69, 9.17) is 28.9 Å². The Kier molecular flexibility index (Phi) is 3.57. The van der Waals surface area contributed by atoms with Crippen LogP contribution in [-0.4, -0.2) is 5.91 Å². The highest BCUT2D eigenvalue weighted by atomic mass is 35.5. The fraction of sp³-hybridized carbons (Fsp3) is 0. The lowest BCUT2D eigenvalue weighted by Gasteiger charge is -2.06. The number of nitrogens with two attached hydrogens (primary N) is 1. The van der Waals surface area contributed by atoms with E-state index < -0.39 is 0 Å². The average molecular weight is 287 g/mol. The number of halogens is 2. The number of rotatable bonds is 2. The fourth-order valence-electron chi connectivity index (χ4n) is 1.30. The van der Waals surface area contributed by atoms with Crippen molar-refractivity contribution in [1.82, 2.24) is 0 Å². The third-order valence-corrected chi connectivity index (χ3v) is 3.60. The molecule has 0 aliphatic rings.